The number of aliphatic hydroxyl groups is 12. The van der Waals surface area contributed by atoms with E-state index in [0.717, 1.165) is 13.8 Å². The fourth-order valence-corrected chi connectivity index (χ4v) is 6.05. The van der Waals surface area contributed by atoms with Crippen molar-refractivity contribution >= 4 is 28.0 Å². The van der Waals surface area contributed by atoms with Crippen molar-refractivity contribution in [1.29, 1.82) is 0 Å². The van der Waals surface area contributed by atoms with Crippen LogP contribution in [0.4, 0.5) is 0 Å². The van der Waals surface area contributed by atoms with Crippen LogP contribution in [0.2, 0.25) is 0 Å². The average molecular weight is 741 g/mol. The van der Waals surface area contributed by atoms with E-state index >= 15 is 0 Å². The zero-order valence-electron chi connectivity index (χ0n) is 26.0. The molecular formula is C25H44N2O21S. The zero-order chi connectivity index (χ0) is 37.8. The molecule has 0 aromatic rings. The highest BCUT2D eigenvalue weighted by Crippen LogP contribution is 2.43. The summed E-state index contributed by atoms with van der Waals surface area (Å²) >= 11 is 0. The molecule has 286 valence electrons. The quantitative estimate of drug-likeness (QED) is 0.0653. The lowest BCUT2D eigenvalue weighted by atomic mass is 9.72. The molecule has 0 bridgehead atoms. The molecule has 2 aliphatic rings. The molecule has 0 radical (unpaired) electrons. The van der Waals surface area contributed by atoms with Crippen molar-refractivity contribution in [3.8, 4) is 0 Å². The second-order valence-corrected chi connectivity index (χ2v) is 13.0. The van der Waals surface area contributed by atoms with Gasteiger partial charge in [-0.1, -0.05) is 0 Å². The Morgan fingerprint density at radius 2 is 1.51 bits per heavy atom. The number of ketones is 1. The minimum Gasteiger partial charge on any atom is -0.394 e. The van der Waals surface area contributed by atoms with Crippen LogP contribution in [0.25, 0.3) is 0 Å². The van der Waals surface area contributed by atoms with E-state index in [2.05, 4.69) is 9.50 Å². The standard InChI is InChI=1S/C25H44N2O21S/c1-8(30)26-14-10(32)3-24(42,48-21(14)17(36)11(33)4-28)7-25(23(41)20(39)18(37)13(5-29)47-25)22(40)15(27-9(2)31)19(38)16(35)12(34)6-46-49(43,44)45/h10-21,23,28-29,32-39,41-42H,3-7H2,1-2H3,(H,26,30)(H,27,31)(H,43,44,45)/t10-,11+,12+,13+,14+,15+,16+,17+,18-,19+,20-,21+,23+,24-,25?/m0/s1. The number of carbonyl (C=O) groups is 3. The molecule has 23 nitrogen and oxygen atoms in total. The molecule has 2 amide bonds. The molecule has 0 aromatic heterocycles. The minimum absolute atomic E-state index is 0.784. The number of rotatable bonds is 16. The van der Waals surface area contributed by atoms with Gasteiger partial charge in [-0.3, -0.25) is 18.9 Å². The first-order chi connectivity index (χ1) is 22.4. The van der Waals surface area contributed by atoms with Crippen LogP contribution in [0.15, 0.2) is 0 Å². The molecule has 2 heterocycles. The molecule has 49 heavy (non-hydrogen) atoms. The first-order valence-corrected chi connectivity index (χ1v) is 15.9. The fourth-order valence-electron chi connectivity index (χ4n) is 5.74. The summed E-state index contributed by atoms with van der Waals surface area (Å²) in [7, 11) is -5.20. The molecule has 0 spiro atoms. The number of hydrogen-bond donors (Lipinski definition) is 15. The minimum atomic E-state index is -5.20. The molecule has 15 N–H and O–H groups in total. The van der Waals surface area contributed by atoms with E-state index in [1.807, 2.05) is 5.32 Å². The Hall–Kier alpha value is -2.08. The highest BCUT2D eigenvalue weighted by atomic mass is 32.3. The van der Waals surface area contributed by atoms with E-state index in [1.165, 1.54) is 0 Å². The van der Waals surface area contributed by atoms with Gasteiger partial charge in [0.25, 0.3) is 0 Å². The van der Waals surface area contributed by atoms with Gasteiger partial charge in [0.15, 0.2) is 17.2 Å². The second kappa shape index (κ2) is 17.0. The summed E-state index contributed by atoms with van der Waals surface area (Å²) in [6.45, 7) is -1.93. The summed E-state index contributed by atoms with van der Waals surface area (Å²) in [5.74, 6) is -6.74. The van der Waals surface area contributed by atoms with E-state index in [4.69, 9.17) is 14.0 Å². The first kappa shape index (κ1) is 43.1. The summed E-state index contributed by atoms with van der Waals surface area (Å²) in [6.07, 6.45) is -27.6. The van der Waals surface area contributed by atoms with Crippen molar-refractivity contribution in [2.45, 2.75) is 117 Å². The van der Waals surface area contributed by atoms with Crippen molar-refractivity contribution in [2.24, 2.45) is 0 Å². The Labute approximate surface area is 278 Å². The maximum Gasteiger partial charge on any atom is 0.397 e. The molecule has 2 fully saturated rings. The molecule has 0 saturated carbocycles. The Morgan fingerprint density at radius 3 is 2.00 bits per heavy atom. The van der Waals surface area contributed by atoms with Crippen molar-refractivity contribution in [1.82, 2.24) is 10.6 Å². The predicted octanol–water partition coefficient (Wildman–Crippen LogP) is -9.38. The number of ether oxygens (including phenoxy) is 2. The highest BCUT2D eigenvalue weighted by Gasteiger charge is 2.64. The van der Waals surface area contributed by atoms with Crippen LogP contribution < -0.4 is 10.6 Å². The lowest BCUT2D eigenvalue weighted by Crippen LogP contribution is -2.75. The third-order valence-corrected chi connectivity index (χ3v) is 8.52. The van der Waals surface area contributed by atoms with Gasteiger partial charge in [0.1, 0.15) is 67.1 Å². The lowest BCUT2D eigenvalue weighted by Gasteiger charge is -2.53. The van der Waals surface area contributed by atoms with Crippen LogP contribution in [-0.2, 0) is 38.4 Å². The van der Waals surface area contributed by atoms with Gasteiger partial charge in [0.05, 0.1) is 32.0 Å². The number of carbonyl (C=O) groups excluding carboxylic acids is 3. The summed E-state index contributed by atoms with van der Waals surface area (Å²) in [5, 5.41) is 131. The normalized spacial score (nSPS) is 36.1. The molecule has 15 atom stereocenters. The van der Waals surface area contributed by atoms with Crippen LogP contribution in [0.3, 0.4) is 0 Å². The van der Waals surface area contributed by atoms with E-state index in [-0.39, 0.29) is 0 Å². The molecule has 0 aromatic carbocycles. The lowest BCUT2D eigenvalue weighted by molar-refractivity contribution is -0.337. The third-order valence-electron chi connectivity index (χ3n) is 8.08. The maximum atomic E-state index is 14.3. The van der Waals surface area contributed by atoms with Crippen LogP contribution in [-0.4, -0.2) is 202 Å². The van der Waals surface area contributed by atoms with E-state index in [1.54, 1.807) is 0 Å². The Morgan fingerprint density at radius 1 is 0.918 bits per heavy atom. The Balaban J connectivity index is 2.71. The predicted molar refractivity (Wildman–Crippen MR) is 153 cm³/mol. The third kappa shape index (κ3) is 10.3. The summed E-state index contributed by atoms with van der Waals surface area (Å²) in [4.78, 5) is 38.3. The van der Waals surface area contributed by atoms with E-state index in [0.29, 0.717) is 0 Å². The average Bonchev–Trinajstić information content (AvgIpc) is 3.01. The van der Waals surface area contributed by atoms with Gasteiger partial charge in [-0.2, -0.15) is 8.42 Å². The molecule has 2 aliphatic heterocycles. The highest BCUT2D eigenvalue weighted by molar-refractivity contribution is 7.80. The number of aliphatic hydroxyl groups excluding tert-OH is 11. The molecule has 24 heteroatoms. The zero-order valence-corrected chi connectivity index (χ0v) is 26.8. The second-order valence-electron chi connectivity index (χ2n) is 11.9. The van der Waals surface area contributed by atoms with Gasteiger partial charge in [0, 0.05) is 26.7 Å². The molecule has 2 saturated heterocycles. The molecular weight excluding hydrogens is 696 g/mol. The number of amides is 2. The Bertz CT molecular complexity index is 1260. The van der Waals surface area contributed by atoms with Crippen molar-refractivity contribution in [2.75, 3.05) is 19.8 Å². The van der Waals surface area contributed by atoms with Crippen molar-refractivity contribution in [3.05, 3.63) is 0 Å². The smallest absolute Gasteiger partial charge is 0.394 e. The number of hydrogen-bond acceptors (Lipinski definition) is 20. The number of nitrogens with one attached hydrogen (secondary N) is 2. The fraction of sp³-hybridized carbons (Fsp3) is 0.880. The van der Waals surface area contributed by atoms with Gasteiger partial charge >= 0.3 is 10.4 Å². The number of Topliss-reactive ketones (excluding diaryl/α,β-unsaturated/α-hetero) is 1. The van der Waals surface area contributed by atoms with Gasteiger partial charge in [-0.05, 0) is 0 Å². The van der Waals surface area contributed by atoms with Gasteiger partial charge in [-0.15, -0.1) is 0 Å². The van der Waals surface area contributed by atoms with Gasteiger partial charge in [0.2, 0.25) is 11.8 Å². The monoisotopic (exact) mass is 740 g/mol. The first-order valence-electron chi connectivity index (χ1n) is 14.6. The Kier molecular flexibility index (Phi) is 14.9. The van der Waals surface area contributed by atoms with Crippen LogP contribution in [0.1, 0.15) is 26.7 Å². The topological polar surface area (TPSA) is 400 Å². The van der Waals surface area contributed by atoms with Crippen LogP contribution in [0.5, 0.6) is 0 Å². The summed E-state index contributed by atoms with van der Waals surface area (Å²) < 4.78 is 45.5. The van der Waals surface area contributed by atoms with E-state index in [9.17, 15) is 84.1 Å². The summed E-state index contributed by atoms with van der Waals surface area (Å²) in [5.41, 5.74) is -3.24. The molecule has 2 rings (SSSR count). The van der Waals surface area contributed by atoms with Crippen molar-refractivity contribution < 1.29 is 102 Å². The van der Waals surface area contributed by atoms with Crippen LogP contribution in [0, 0.1) is 0 Å². The SMILES string of the molecule is CC(=O)N[C@H]1[C@H]([C@H](O)[C@H](O)CO)O[C@](O)(CC2(C(=O)[C@H](NC(C)=O)[C@@H](O)[C@H](O)[C@H](O)COS(=O)(=O)O)O[C@H](CO)[C@H](O)[C@H](O)[C@H]2O)C[C@@H]1O. The van der Waals surface area contributed by atoms with Gasteiger partial charge in [-0.25, -0.2) is 4.18 Å². The molecule has 1 unspecified atom stereocenters. The van der Waals surface area contributed by atoms with E-state index < -0.39 is 151 Å². The largest absolute Gasteiger partial charge is 0.397 e. The molecule has 0 aliphatic carbocycles. The van der Waals surface area contributed by atoms with Crippen molar-refractivity contribution in [3.63, 3.8) is 0 Å². The van der Waals surface area contributed by atoms with Crippen LogP contribution >= 0.6 is 0 Å². The maximum absolute atomic E-state index is 14.3. The summed E-state index contributed by atoms with van der Waals surface area (Å²) in [6, 6.07) is -4.14. The van der Waals surface area contributed by atoms with Gasteiger partial charge < -0.3 is 81.4 Å².